The number of carbonyl (C=O) groups excluding carboxylic acids is 1. The van der Waals surface area contributed by atoms with Gasteiger partial charge in [-0.25, -0.2) is 0 Å². The first kappa shape index (κ1) is 11.7. The van der Waals surface area contributed by atoms with Crippen molar-refractivity contribution < 1.29 is 9.90 Å². The smallest absolute Gasteiger partial charge is 0.247 e. The van der Waals surface area contributed by atoms with Gasteiger partial charge in [0.15, 0.2) is 0 Å². The largest absolute Gasteiger partial charge is 0.508 e. The Bertz CT molecular complexity index is 460. The highest BCUT2D eigenvalue weighted by Crippen LogP contribution is 2.15. The summed E-state index contributed by atoms with van der Waals surface area (Å²) in [6.45, 7) is 3.78. The maximum absolute atomic E-state index is 11.8. The van der Waals surface area contributed by atoms with Crippen molar-refractivity contribution in [1.82, 2.24) is 10.6 Å². The molecule has 4 heteroatoms. The number of carbonyl (C=O) groups is 1. The highest BCUT2D eigenvalue weighted by Gasteiger charge is 2.15. The number of phenols is 1. The van der Waals surface area contributed by atoms with Crippen LogP contribution >= 0.6 is 0 Å². The van der Waals surface area contributed by atoms with E-state index < -0.39 is 0 Å². The lowest BCUT2D eigenvalue weighted by atomic mass is 10.0. The van der Waals surface area contributed by atoms with Gasteiger partial charge in [0, 0.05) is 30.8 Å². The minimum Gasteiger partial charge on any atom is -0.508 e. The first-order valence-electron chi connectivity index (χ1n) is 5.63. The van der Waals surface area contributed by atoms with Crippen LogP contribution in [0, 0.1) is 0 Å². The van der Waals surface area contributed by atoms with Gasteiger partial charge in [0.25, 0.3) is 0 Å². The summed E-state index contributed by atoms with van der Waals surface area (Å²) in [4.78, 5) is 11.8. The quantitative estimate of drug-likeness (QED) is 0.679. The molecule has 90 valence electrons. The van der Waals surface area contributed by atoms with Crippen LogP contribution < -0.4 is 10.6 Å². The van der Waals surface area contributed by atoms with E-state index in [1.807, 2.05) is 13.0 Å². The van der Waals surface area contributed by atoms with Gasteiger partial charge in [-0.3, -0.25) is 4.79 Å². The van der Waals surface area contributed by atoms with Gasteiger partial charge >= 0.3 is 0 Å². The van der Waals surface area contributed by atoms with E-state index >= 15 is 0 Å². The van der Waals surface area contributed by atoms with Gasteiger partial charge < -0.3 is 15.7 Å². The Morgan fingerprint density at radius 3 is 2.71 bits per heavy atom. The number of aromatic hydroxyl groups is 1. The Labute approximate surface area is 100 Å². The summed E-state index contributed by atoms with van der Waals surface area (Å²) >= 11 is 0. The number of para-hydroxylation sites is 1. The van der Waals surface area contributed by atoms with Gasteiger partial charge in [0.2, 0.25) is 5.91 Å². The average Bonchev–Trinajstić information content (AvgIpc) is 2.25. The lowest BCUT2D eigenvalue weighted by Gasteiger charge is -2.21. The van der Waals surface area contributed by atoms with Crippen LogP contribution in [0.1, 0.15) is 12.5 Å². The number of phenolic OH excluding ortho intramolecular Hbond substituents is 1. The Morgan fingerprint density at radius 1 is 1.41 bits per heavy atom. The minimum atomic E-state index is -0.0650. The Balaban J connectivity index is 1.95. The number of nitrogens with one attached hydrogen (secondary N) is 2. The normalized spacial score (nSPS) is 14.1. The van der Waals surface area contributed by atoms with Crippen LogP contribution in [0.25, 0.3) is 0 Å². The molecule has 1 aromatic carbocycles. The SMILES string of the molecule is CC(C(=O)NCc1ccccc1O)=C1CNC1. The summed E-state index contributed by atoms with van der Waals surface area (Å²) < 4.78 is 0. The monoisotopic (exact) mass is 232 g/mol. The van der Waals surface area contributed by atoms with E-state index in [9.17, 15) is 9.90 Å². The fraction of sp³-hybridized carbons (Fsp3) is 0.308. The van der Waals surface area contributed by atoms with Crippen molar-refractivity contribution in [3.05, 3.63) is 41.0 Å². The maximum Gasteiger partial charge on any atom is 0.247 e. The standard InChI is InChI=1S/C13H16N2O2/c1-9(11-6-14-7-11)13(17)15-8-10-4-2-3-5-12(10)16/h2-5,14,16H,6-8H2,1H3,(H,15,17). The summed E-state index contributed by atoms with van der Waals surface area (Å²) in [6, 6.07) is 7.00. The van der Waals surface area contributed by atoms with Crippen LogP contribution in [0.2, 0.25) is 0 Å². The highest BCUT2D eigenvalue weighted by molar-refractivity contribution is 5.93. The van der Waals surface area contributed by atoms with Gasteiger partial charge in [-0.15, -0.1) is 0 Å². The number of benzene rings is 1. The molecule has 0 bridgehead atoms. The third kappa shape index (κ3) is 2.65. The Hall–Kier alpha value is -1.81. The zero-order valence-corrected chi connectivity index (χ0v) is 9.79. The van der Waals surface area contributed by atoms with E-state index in [4.69, 9.17) is 0 Å². The first-order chi connectivity index (χ1) is 8.18. The molecule has 1 saturated heterocycles. The molecular weight excluding hydrogens is 216 g/mol. The Morgan fingerprint density at radius 2 is 2.12 bits per heavy atom. The van der Waals surface area contributed by atoms with E-state index in [0.29, 0.717) is 6.54 Å². The lowest BCUT2D eigenvalue weighted by Crippen LogP contribution is -2.37. The lowest BCUT2D eigenvalue weighted by molar-refractivity contribution is -0.117. The highest BCUT2D eigenvalue weighted by atomic mass is 16.3. The molecule has 1 amide bonds. The van der Waals surface area contributed by atoms with E-state index in [1.54, 1.807) is 18.2 Å². The van der Waals surface area contributed by atoms with Crippen LogP contribution in [0.3, 0.4) is 0 Å². The van der Waals surface area contributed by atoms with Gasteiger partial charge in [-0.1, -0.05) is 18.2 Å². The number of hydrogen-bond donors (Lipinski definition) is 3. The minimum absolute atomic E-state index is 0.0650. The fourth-order valence-electron chi connectivity index (χ4n) is 1.64. The Kier molecular flexibility index (Phi) is 3.44. The molecule has 17 heavy (non-hydrogen) atoms. The first-order valence-corrected chi connectivity index (χ1v) is 5.63. The molecule has 1 heterocycles. The van der Waals surface area contributed by atoms with Crippen molar-refractivity contribution in [1.29, 1.82) is 0 Å². The van der Waals surface area contributed by atoms with Crippen LogP contribution in [-0.2, 0) is 11.3 Å². The number of rotatable bonds is 3. The molecule has 0 spiro atoms. The molecule has 0 aromatic heterocycles. The van der Waals surface area contributed by atoms with E-state index in [2.05, 4.69) is 10.6 Å². The summed E-state index contributed by atoms with van der Waals surface area (Å²) in [6.07, 6.45) is 0. The van der Waals surface area contributed by atoms with Crippen molar-refractivity contribution in [2.24, 2.45) is 0 Å². The third-order valence-corrected chi connectivity index (χ3v) is 2.98. The van der Waals surface area contributed by atoms with Crippen LogP contribution in [0.5, 0.6) is 5.75 Å². The summed E-state index contributed by atoms with van der Waals surface area (Å²) in [5, 5.41) is 15.5. The molecule has 2 rings (SSSR count). The molecule has 0 unspecified atom stereocenters. The molecule has 0 atom stereocenters. The van der Waals surface area contributed by atoms with Crippen LogP contribution in [0.15, 0.2) is 35.4 Å². The van der Waals surface area contributed by atoms with E-state index in [1.165, 1.54) is 0 Å². The summed E-state index contributed by atoms with van der Waals surface area (Å²) in [5.41, 5.74) is 2.66. The third-order valence-electron chi connectivity index (χ3n) is 2.98. The predicted octanol–water partition coefficient (Wildman–Crippen LogP) is 0.928. The van der Waals surface area contributed by atoms with E-state index in [-0.39, 0.29) is 11.7 Å². The summed E-state index contributed by atoms with van der Waals surface area (Å²) in [5.74, 6) is 0.146. The molecule has 3 N–H and O–H groups in total. The molecule has 1 aromatic rings. The van der Waals surface area contributed by atoms with Crippen molar-refractivity contribution >= 4 is 5.91 Å². The average molecular weight is 232 g/mol. The van der Waals surface area contributed by atoms with Gasteiger partial charge in [-0.05, 0) is 18.6 Å². The molecule has 0 saturated carbocycles. The second-order valence-corrected chi connectivity index (χ2v) is 4.14. The van der Waals surface area contributed by atoms with Crippen molar-refractivity contribution in [3.8, 4) is 5.75 Å². The predicted molar refractivity (Wildman–Crippen MR) is 65.5 cm³/mol. The molecule has 4 nitrogen and oxygen atoms in total. The molecule has 0 radical (unpaired) electrons. The van der Waals surface area contributed by atoms with Crippen LogP contribution in [0.4, 0.5) is 0 Å². The molecular formula is C13H16N2O2. The van der Waals surface area contributed by atoms with Crippen molar-refractivity contribution in [2.45, 2.75) is 13.5 Å². The summed E-state index contributed by atoms with van der Waals surface area (Å²) in [7, 11) is 0. The zero-order chi connectivity index (χ0) is 12.3. The zero-order valence-electron chi connectivity index (χ0n) is 9.79. The van der Waals surface area contributed by atoms with Gasteiger partial charge in [0.05, 0.1) is 0 Å². The van der Waals surface area contributed by atoms with E-state index in [0.717, 1.165) is 29.8 Å². The molecule has 1 fully saturated rings. The maximum atomic E-state index is 11.8. The van der Waals surface area contributed by atoms with Gasteiger partial charge in [0.1, 0.15) is 5.75 Å². The molecule has 0 aliphatic carbocycles. The fourth-order valence-corrected chi connectivity index (χ4v) is 1.64. The molecule has 1 aliphatic heterocycles. The second kappa shape index (κ2) is 5.01. The van der Waals surface area contributed by atoms with Crippen molar-refractivity contribution in [2.75, 3.05) is 13.1 Å². The van der Waals surface area contributed by atoms with Crippen LogP contribution in [-0.4, -0.2) is 24.1 Å². The van der Waals surface area contributed by atoms with Gasteiger partial charge in [-0.2, -0.15) is 0 Å². The topological polar surface area (TPSA) is 61.4 Å². The molecule has 1 aliphatic rings. The number of amides is 1. The van der Waals surface area contributed by atoms with Crippen molar-refractivity contribution in [3.63, 3.8) is 0 Å². The number of hydrogen-bond acceptors (Lipinski definition) is 3. The second-order valence-electron chi connectivity index (χ2n) is 4.14.